The van der Waals surface area contributed by atoms with Crippen molar-refractivity contribution in [3.8, 4) is 0 Å². The Kier molecular flexibility index (Phi) is 7.37. The smallest absolute Gasteiger partial charge is 0.242 e. The number of aromatic nitrogens is 1. The Morgan fingerprint density at radius 3 is 2.67 bits per heavy atom. The van der Waals surface area contributed by atoms with Crippen LogP contribution in [0.5, 0.6) is 0 Å². The first-order chi connectivity index (χ1) is 14.5. The lowest BCUT2D eigenvalue weighted by Gasteiger charge is -2.20. The SMILES string of the molecule is CCNC(=NCCNS(=O)(=O)c1cccnc1)NC(C)c1cccc2ccccc12. The van der Waals surface area contributed by atoms with E-state index < -0.39 is 10.0 Å². The molecule has 30 heavy (non-hydrogen) atoms. The molecule has 1 atom stereocenters. The molecule has 1 unspecified atom stereocenters. The summed E-state index contributed by atoms with van der Waals surface area (Å²) >= 11 is 0. The fraction of sp³-hybridized carbons (Fsp3) is 0.273. The van der Waals surface area contributed by atoms with Gasteiger partial charge in [-0.3, -0.25) is 9.98 Å². The summed E-state index contributed by atoms with van der Waals surface area (Å²) in [5.41, 5.74) is 1.18. The van der Waals surface area contributed by atoms with Crippen molar-refractivity contribution in [1.82, 2.24) is 20.3 Å². The van der Waals surface area contributed by atoms with Gasteiger partial charge in [0.1, 0.15) is 4.90 Å². The number of rotatable bonds is 8. The van der Waals surface area contributed by atoms with Crippen LogP contribution in [0.2, 0.25) is 0 Å². The first-order valence-electron chi connectivity index (χ1n) is 9.93. The molecule has 8 heteroatoms. The molecule has 0 aliphatic rings. The van der Waals surface area contributed by atoms with Gasteiger partial charge >= 0.3 is 0 Å². The largest absolute Gasteiger partial charge is 0.357 e. The van der Waals surface area contributed by atoms with Crippen molar-refractivity contribution >= 4 is 26.8 Å². The van der Waals surface area contributed by atoms with Gasteiger partial charge in [0.05, 0.1) is 12.6 Å². The fourth-order valence-corrected chi connectivity index (χ4v) is 4.15. The third-order valence-electron chi connectivity index (χ3n) is 4.61. The van der Waals surface area contributed by atoms with Crippen molar-refractivity contribution in [2.24, 2.45) is 4.99 Å². The van der Waals surface area contributed by atoms with E-state index in [9.17, 15) is 8.42 Å². The molecule has 0 aliphatic heterocycles. The van der Waals surface area contributed by atoms with Gasteiger partial charge in [-0.25, -0.2) is 13.1 Å². The number of hydrogen-bond donors (Lipinski definition) is 3. The standard InChI is InChI=1S/C22H27N5O2S/c1-3-24-22(25-14-15-26-30(28,29)19-10-7-13-23-16-19)27-17(2)20-12-6-9-18-8-4-5-11-21(18)20/h4-13,16-17,26H,3,14-15H2,1-2H3,(H2,24,25,27). The van der Waals surface area contributed by atoms with Gasteiger partial charge in [0, 0.05) is 25.5 Å². The molecule has 1 aromatic heterocycles. The highest BCUT2D eigenvalue weighted by molar-refractivity contribution is 7.89. The van der Waals surface area contributed by atoms with Crippen LogP contribution in [0.1, 0.15) is 25.5 Å². The molecule has 0 fully saturated rings. The lowest BCUT2D eigenvalue weighted by Crippen LogP contribution is -2.39. The van der Waals surface area contributed by atoms with E-state index in [-0.39, 0.29) is 17.5 Å². The number of nitrogens with zero attached hydrogens (tertiary/aromatic N) is 2. The van der Waals surface area contributed by atoms with Crippen LogP contribution in [-0.4, -0.2) is 39.0 Å². The highest BCUT2D eigenvalue weighted by Gasteiger charge is 2.13. The van der Waals surface area contributed by atoms with E-state index in [2.05, 4.69) is 56.5 Å². The van der Waals surface area contributed by atoms with Crippen molar-refractivity contribution in [3.63, 3.8) is 0 Å². The van der Waals surface area contributed by atoms with Crippen LogP contribution < -0.4 is 15.4 Å². The number of fused-ring (bicyclic) bond motifs is 1. The maximum Gasteiger partial charge on any atom is 0.242 e. The Hall–Kier alpha value is -2.97. The second-order valence-corrected chi connectivity index (χ2v) is 8.55. The van der Waals surface area contributed by atoms with E-state index in [1.165, 1.54) is 34.8 Å². The first-order valence-corrected chi connectivity index (χ1v) is 11.4. The molecule has 158 valence electrons. The van der Waals surface area contributed by atoms with Gasteiger partial charge in [-0.15, -0.1) is 0 Å². The van der Waals surface area contributed by atoms with E-state index in [1.54, 1.807) is 6.07 Å². The van der Waals surface area contributed by atoms with Crippen LogP contribution >= 0.6 is 0 Å². The summed E-state index contributed by atoms with van der Waals surface area (Å²) in [6.45, 7) is 5.27. The summed E-state index contributed by atoms with van der Waals surface area (Å²) in [6.07, 6.45) is 2.86. The van der Waals surface area contributed by atoms with E-state index in [1.807, 2.05) is 25.1 Å². The maximum atomic E-state index is 12.3. The molecule has 0 spiro atoms. The monoisotopic (exact) mass is 425 g/mol. The van der Waals surface area contributed by atoms with Gasteiger partial charge in [-0.05, 0) is 42.3 Å². The summed E-state index contributed by atoms with van der Waals surface area (Å²) in [6, 6.07) is 17.7. The maximum absolute atomic E-state index is 12.3. The fourth-order valence-electron chi connectivity index (χ4n) is 3.17. The zero-order valence-corrected chi connectivity index (χ0v) is 18.0. The second kappa shape index (κ2) is 10.2. The molecule has 0 amide bonds. The van der Waals surface area contributed by atoms with E-state index in [0.29, 0.717) is 19.0 Å². The number of sulfonamides is 1. The van der Waals surface area contributed by atoms with Crippen molar-refractivity contribution in [2.45, 2.75) is 24.8 Å². The minimum Gasteiger partial charge on any atom is -0.357 e. The predicted octanol–water partition coefficient (Wildman–Crippen LogP) is 2.83. The average molecular weight is 426 g/mol. The molecule has 1 heterocycles. The molecule has 3 rings (SSSR count). The number of benzene rings is 2. The van der Waals surface area contributed by atoms with Crippen LogP contribution in [-0.2, 0) is 10.0 Å². The molecular formula is C22H27N5O2S. The molecule has 7 nitrogen and oxygen atoms in total. The summed E-state index contributed by atoms with van der Waals surface area (Å²) in [5, 5.41) is 9.00. The number of guanidine groups is 1. The van der Waals surface area contributed by atoms with Gasteiger partial charge in [0.15, 0.2) is 5.96 Å². The summed E-state index contributed by atoms with van der Waals surface area (Å²) < 4.78 is 27.1. The van der Waals surface area contributed by atoms with Gasteiger partial charge in [0.2, 0.25) is 10.0 Å². The highest BCUT2D eigenvalue weighted by Crippen LogP contribution is 2.23. The summed E-state index contributed by atoms with van der Waals surface area (Å²) in [5.74, 6) is 0.638. The summed E-state index contributed by atoms with van der Waals surface area (Å²) in [7, 11) is -3.58. The van der Waals surface area contributed by atoms with Crippen LogP contribution in [0.4, 0.5) is 0 Å². The number of nitrogens with one attached hydrogen (secondary N) is 3. The average Bonchev–Trinajstić information content (AvgIpc) is 2.77. The lowest BCUT2D eigenvalue weighted by atomic mass is 10.00. The molecule has 3 N–H and O–H groups in total. The van der Waals surface area contributed by atoms with E-state index in [4.69, 9.17) is 0 Å². The number of aliphatic imine (C=N–C) groups is 1. The van der Waals surface area contributed by atoms with Crippen LogP contribution in [0.25, 0.3) is 10.8 Å². The topological polar surface area (TPSA) is 95.5 Å². The third-order valence-corrected chi connectivity index (χ3v) is 6.05. The van der Waals surface area contributed by atoms with Crippen molar-refractivity contribution < 1.29 is 8.42 Å². The Balaban J connectivity index is 1.64. The van der Waals surface area contributed by atoms with Crippen molar-refractivity contribution in [2.75, 3.05) is 19.6 Å². The first kappa shape index (κ1) is 21.7. The molecule has 0 saturated heterocycles. The zero-order valence-electron chi connectivity index (χ0n) is 17.2. The van der Waals surface area contributed by atoms with Gasteiger partial charge in [-0.2, -0.15) is 0 Å². The Morgan fingerprint density at radius 1 is 1.10 bits per heavy atom. The van der Waals surface area contributed by atoms with E-state index >= 15 is 0 Å². The summed E-state index contributed by atoms with van der Waals surface area (Å²) in [4.78, 5) is 8.50. The normalized spacial score (nSPS) is 13.2. The minimum absolute atomic E-state index is 0.0287. The van der Waals surface area contributed by atoms with Crippen LogP contribution in [0, 0.1) is 0 Å². The Labute approximate surface area is 177 Å². The molecule has 3 aromatic rings. The molecule has 0 bridgehead atoms. The Morgan fingerprint density at radius 2 is 1.90 bits per heavy atom. The van der Waals surface area contributed by atoms with Crippen molar-refractivity contribution in [3.05, 3.63) is 72.6 Å². The third kappa shape index (κ3) is 5.55. The van der Waals surface area contributed by atoms with Crippen molar-refractivity contribution in [1.29, 1.82) is 0 Å². The van der Waals surface area contributed by atoms with Crippen LogP contribution in [0.3, 0.4) is 0 Å². The van der Waals surface area contributed by atoms with Gasteiger partial charge < -0.3 is 10.6 Å². The molecule has 0 aliphatic carbocycles. The minimum atomic E-state index is -3.58. The van der Waals surface area contributed by atoms with Crippen LogP contribution in [0.15, 0.2) is 76.9 Å². The molecule has 0 saturated carbocycles. The molecule has 0 radical (unpaired) electrons. The quantitative estimate of drug-likeness (QED) is 0.293. The Bertz CT molecular complexity index is 1100. The second-order valence-electron chi connectivity index (χ2n) is 6.78. The van der Waals surface area contributed by atoms with Gasteiger partial charge in [0.25, 0.3) is 0 Å². The van der Waals surface area contributed by atoms with Gasteiger partial charge in [-0.1, -0.05) is 42.5 Å². The predicted molar refractivity (Wildman–Crippen MR) is 121 cm³/mol. The molecular weight excluding hydrogens is 398 g/mol. The highest BCUT2D eigenvalue weighted by atomic mass is 32.2. The molecule has 2 aromatic carbocycles. The lowest BCUT2D eigenvalue weighted by molar-refractivity contribution is 0.581. The zero-order chi connectivity index (χ0) is 21.4. The van der Waals surface area contributed by atoms with E-state index in [0.717, 1.165) is 0 Å². The number of pyridine rings is 1. The number of hydrogen-bond acceptors (Lipinski definition) is 4.